The average Bonchev–Trinajstić information content (AvgIpc) is 2.72. The van der Waals surface area contributed by atoms with Crippen LogP contribution in [0.15, 0.2) is 30.6 Å². The normalized spacial score (nSPS) is 17.7. The van der Waals surface area contributed by atoms with Gasteiger partial charge in [0.25, 0.3) is 0 Å². The van der Waals surface area contributed by atoms with Crippen LogP contribution >= 0.6 is 11.6 Å². The number of carbonyl (C=O) groups is 3. The zero-order valence-electron chi connectivity index (χ0n) is 18.3. The molecule has 1 aromatic heterocycles. The van der Waals surface area contributed by atoms with E-state index in [1.54, 1.807) is 33.2 Å². The summed E-state index contributed by atoms with van der Waals surface area (Å²) >= 11 is 6.00. The lowest BCUT2D eigenvalue weighted by atomic mass is 10.3. The van der Waals surface area contributed by atoms with Crippen molar-refractivity contribution in [3.63, 3.8) is 0 Å². The molecule has 182 valence electrons. The zero-order valence-corrected chi connectivity index (χ0v) is 19.1. The van der Waals surface area contributed by atoms with Gasteiger partial charge in [-0.1, -0.05) is 17.7 Å². The molecule has 0 unspecified atom stereocenters. The Morgan fingerprint density at radius 3 is 2.09 bits per heavy atom. The molecule has 0 bridgehead atoms. The predicted octanol–water partition coefficient (Wildman–Crippen LogP) is 0.572. The lowest BCUT2D eigenvalue weighted by molar-refractivity contribution is -0.139. The molecule has 0 amide bonds. The number of aromatic nitrogens is 1. The molecule has 33 heavy (non-hydrogen) atoms. The first-order valence-corrected chi connectivity index (χ1v) is 11.0. The van der Waals surface area contributed by atoms with Gasteiger partial charge >= 0.3 is 17.9 Å². The first kappa shape index (κ1) is 26.4. The van der Waals surface area contributed by atoms with Gasteiger partial charge in [-0.15, -0.1) is 0 Å². The van der Waals surface area contributed by atoms with E-state index in [4.69, 9.17) is 16.7 Å². The molecule has 0 radical (unpaired) electrons. The van der Waals surface area contributed by atoms with Crippen LogP contribution in [0.4, 0.5) is 0 Å². The van der Waals surface area contributed by atoms with Gasteiger partial charge < -0.3 is 25.1 Å². The fraction of sp³-hybridized carbons (Fsp3) is 0.524. The second kappa shape index (κ2) is 13.6. The predicted molar refractivity (Wildman–Crippen MR) is 121 cm³/mol. The van der Waals surface area contributed by atoms with Gasteiger partial charge in [-0.2, -0.15) is 0 Å². The summed E-state index contributed by atoms with van der Waals surface area (Å²) in [7, 11) is 0. The van der Waals surface area contributed by atoms with Crippen molar-refractivity contribution in [3.8, 4) is 0 Å². The minimum atomic E-state index is -0.973. The van der Waals surface area contributed by atoms with Gasteiger partial charge in [-0.25, -0.2) is 4.98 Å². The SMILES string of the molecule is O=C(O)CCN1/C=C\N(CC(=O)O)CCN(Cc2cccc(Cl)n2)CCN(CC(=O)O)CC1. The van der Waals surface area contributed by atoms with E-state index in [-0.39, 0.29) is 26.1 Å². The van der Waals surface area contributed by atoms with Gasteiger partial charge in [-0.05, 0) is 12.1 Å². The van der Waals surface area contributed by atoms with Crippen LogP contribution in [0.1, 0.15) is 12.1 Å². The molecule has 0 saturated carbocycles. The van der Waals surface area contributed by atoms with Crippen molar-refractivity contribution in [2.24, 2.45) is 0 Å². The topological polar surface area (TPSA) is 138 Å². The molecule has 2 rings (SSSR count). The van der Waals surface area contributed by atoms with Crippen LogP contribution in [-0.2, 0) is 20.9 Å². The van der Waals surface area contributed by atoms with Gasteiger partial charge in [-0.3, -0.25) is 24.2 Å². The molecule has 0 aromatic carbocycles. The van der Waals surface area contributed by atoms with Gasteiger partial charge in [0.15, 0.2) is 0 Å². The Balaban J connectivity index is 2.21. The van der Waals surface area contributed by atoms with Crippen LogP contribution in [0, 0.1) is 0 Å². The minimum absolute atomic E-state index is 0.0807. The number of hydrogen-bond donors (Lipinski definition) is 3. The lowest BCUT2D eigenvalue weighted by Crippen LogP contribution is -2.44. The Labute approximate surface area is 197 Å². The van der Waals surface area contributed by atoms with Crippen LogP contribution in [0.2, 0.25) is 5.15 Å². The Morgan fingerprint density at radius 2 is 1.42 bits per heavy atom. The zero-order chi connectivity index (χ0) is 24.2. The number of carboxylic acids is 3. The standard InChI is InChI=1S/C21H30ClN5O6/c22-18-3-1-2-17(23-18)14-25-10-12-26(15-20(30)31)8-6-24(5-4-19(28)29)7-9-27(13-11-25)16-21(32)33/h1-3,6,8H,4-5,7,9-16H2,(H,28,29)(H,30,31)(H,32,33)/b8-6-. The van der Waals surface area contributed by atoms with Crippen molar-refractivity contribution >= 4 is 29.5 Å². The van der Waals surface area contributed by atoms with Crippen molar-refractivity contribution in [2.45, 2.75) is 13.0 Å². The number of nitrogens with zero attached hydrogens (tertiary/aromatic N) is 5. The maximum Gasteiger partial charge on any atom is 0.323 e. The molecule has 2 heterocycles. The number of aliphatic carboxylic acids is 3. The quantitative estimate of drug-likeness (QED) is 0.425. The third kappa shape index (κ3) is 11.0. The van der Waals surface area contributed by atoms with E-state index in [9.17, 15) is 24.6 Å². The van der Waals surface area contributed by atoms with Crippen molar-refractivity contribution in [1.82, 2.24) is 24.6 Å². The summed E-state index contributed by atoms with van der Waals surface area (Å²) in [6, 6.07) is 5.35. The highest BCUT2D eigenvalue weighted by Gasteiger charge is 2.17. The monoisotopic (exact) mass is 483 g/mol. The van der Waals surface area contributed by atoms with E-state index < -0.39 is 17.9 Å². The Hall–Kier alpha value is -2.89. The summed E-state index contributed by atoms with van der Waals surface area (Å²) in [5, 5.41) is 28.0. The summed E-state index contributed by atoms with van der Waals surface area (Å²) in [5.74, 6) is -2.85. The molecule has 0 atom stereocenters. The van der Waals surface area contributed by atoms with E-state index >= 15 is 0 Å². The van der Waals surface area contributed by atoms with Gasteiger partial charge in [0, 0.05) is 64.8 Å². The van der Waals surface area contributed by atoms with Crippen LogP contribution in [0.5, 0.6) is 0 Å². The smallest absolute Gasteiger partial charge is 0.323 e. The molecule has 1 aliphatic heterocycles. The van der Waals surface area contributed by atoms with Crippen molar-refractivity contribution in [1.29, 1.82) is 0 Å². The number of pyridine rings is 1. The summed E-state index contributed by atoms with van der Waals surface area (Å²) in [6.07, 6.45) is 3.24. The molecular formula is C21H30ClN5O6. The van der Waals surface area contributed by atoms with Crippen molar-refractivity contribution < 1.29 is 29.7 Å². The molecule has 0 aliphatic carbocycles. The highest BCUT2D eigenvalue weighted by atomic mass is 35.5. The molecule has 11 nitrogen and oxygen atoms in total. The first-order chi connectivity index (χ1) is 15.7. The Kier molecular flexibility index (Phi) is 10.9. The van der Waals surface area contributed by atoms with Crippen molar-refractivity contribution in [2.75, 3.05) is 58.9 Å². The first-order valence-electron chi connectivity index (χ1n) is 10.6. The van der Waals surface area contributed by atoms with E-state index in [1.165, 1.54) is 0 Å². The number of hydrogen-bond acceptors (Lipinski definition) is 8. The van der Waals surface area contributed by atoms with Gasteiger partial charge in [0.2, 0.25) is 0 Å². The van der Waals surface area contributed by atoms with Crippen LogP contribution < -0.4 is 0 Å². The van der Waals surface area contributed by atoms with Crippen LogP contribution in [-0.4, -0.2) is 117 Å². The molecule has 1 aliphatic rings. The largest absolute Gasteiger partial charge is 0.481 e. The summed E-state index contributed by atoms with van der Waals surface area (Å²) < 4.78 is 0. The molecule has 1 aromatic rings. The molecule has 12 heteroatoms. The molecule has 0 fully saturated rings. The summed E-state index contributed by atoms with van der Waals surface area (Å²) in [5.41, 5.74) is 0.763. The molecule has 0 spiro atoms. The second-order valence-corrected chi connectivity index (χ2v) is 8.13. The molecular weight excluding hydrogens is 454 g/mol. The van der Waals surface area contributed by atoms with E-state index in [1.807, 2.05) is 12.1 Å². The number of carboxylic acid groups (broad SMARTS) is 3. The summed E-state index contributed by atoms with van der Waals surface area (Å²) in [6.45, 7) is 3.16. The Morgan fingerprint density at radius 1 is 0.818 bits per heavy atom. The van der Waals surface area contributed by atoms with E-state index in [0.717, 1.165) is 5.69 Å². The third-order valence-electron chi connectivity index (χ3n) is 5.10. The Bertz CT molecular complexity index is 839. The minimum Gasteiger partial charge on any atom is -0.481 e. The van der Waals surface area contributed by atoms with E-state index in [2.05, 4.69) is 9.88 Å². The third-order valence-corrected chi connectivity index (χ3v) is 5.31. The fourth-order valence-electron chi connectivity index (χ4n) is 3.39. The maximum atomic E-state index is 11.3. The maximum absolute atomic E-state index is 11.3. The lowest BCUT2D eigenvalue weighted by Gasteiger charge is -2.31. The fourth-order valence-corrected chi connectivity index (χ4v) is 3.57. The molecule has 3 N–H and O–H groups in total. The van der Waals surface area contributed by atoms with Gasteiger partial charge in [0.1, 0.15) is 11.7 Å². The molecule has 0 saturated heterocycles. The highest BCUT2D eigenvalue weighted by molar-refractivity contribution is 6.29. The van der Waals surface area contributed by atoms with Gasteiger partial charge in [0.05, 0.1) is 18.7 Å². The van der Waals surface area contributed by atoms with Crippen LogP contribution in [0.25, 0.3) is 0 Å². The number of halogens is 1. The second-order valence-electron chi connectivity index (χ2n) is 7.74. The van der Waals surface area contributed by atoms with E-state index in [0.29, 0.717) is 51.0 Å². The van der Waals surface area contributed by atoms with Crippen LogP contribution in [0.3, 0.4) is 0 Å². The van der Waals surface area contributed by atoms with Crippen molar-refractivity contribution in [3.05, 3.63) is 41.4 Å². The highest BCUT2D eigenvalue weighted by Crippen LogP contribution is 2.09. The summed E-state index contributed by atoms with van der Waals surface area (Å²) in [4.78, 5) is 45.3. The number of rotatable bonds is 9. The average molecular weight is 484 g/mol.